The fourth-order valence-electron chi connectivity index (χ4n) is 3.18. The molecule has 142 valence electrons. The van der Waals surface area contributed by atoms with E-state index in [0.29, 0.717) is 22.4 Å². The number of fused-ring (bicyclic) bond motifs is 1. The fourth-order valence-corrected chi connectivity index (χ4v) is 3.18. The van der Waals surface area contributed by atoms with Crippen LogP contribution in [0.15, 0.2) is 57.7 Å². The van der Waals surface area contributed by atoms with Crippen LogP contribution in [0.4, 0.5) is 5.82 Å². The Bertz CT molecular complexity index is 1340. The second kappa shape index (κ2) is 7.09. The van der Waals surface area contributed by atoms with Gasteiger partial charge in [0.1, 0.15) is 17.4 Å². The lowest BCUT2D eigenvalue weighted by Gasteiger charge is -2.10. The quantitative estimate of drug-likeness (QED) is 0.556. The van der Waals surface area contributed by atoms with Crippen LogP contribution >= 0.6 is 0 Å². The van der Waals surface area contributed by atoms with Crippen molar-refractivity contribution >= 4 is 22.7 Å². The number of hydrogen-bond acceptors (Lipinski definition) is 5. The van der Waals surface area contributed by atoms with Crippen molar-refractivity contribution in [2.45, 2.75) is 13.8 Å². The van der Waals surface area contributed by atoms with Gasteiger partial charge in [-0.25, -0.2) is 0 Å². The molecule has 0 unspecified atom stereocenters. The average molecular weight is 384 g/mol. The smallest absolute Gasteiger partial charge is 0.260 e. The van der Waals surface area contributed by atoms with E-state index in [1.54, 1.807) is 32.0 Å². The summed E-state index contributed by atoms with van der Waals surface area (Å²) in [6.07, 6.45) is 0. The van der Waals surface area contributed by atoms with Gasteiger partial charge in [-0.3, -0.25) is 14.7 Å². The first-order valence-corrected chi connectivity index (χ1v) is 8.89. The summed E-state index contributed by atoms with van der Waals surface area (Å²) in [5, 5.41) is 18.8. The van der Waals surface area contributed by atoms with Gasteiger partial charge in [-0.05, 0) is 26.0 Å². The number of anilines is 1. The molecule has 2 aromatic heterocycles. The Balaban J connectivity index is 1.87. The molecule has 0 saturated heterocycles. The lowest BCUT2D eigenvalue weighted by Crippen LogP contribution is -2.15. The normalized spacial score (nSPS) is 10.7. The number of H-pyrrole nitrogens is 1. The maximum Gasteiger partial charge on any atom is 0.260 e. The number of aromatic nitrogens is 2. The number of nitrogens with one attached hydrogen (secondary N) is 2. The van der Waals surface area contributed by atoms with Gasteiger partial charge in [-0.1, -0.05) is 36.4 Å². The van der Waals surface area contributed by atoms with Gasteiger partial charge in [0.15, 0.2) is 16.8 Å². The van der Waals surface area contributed by atoms with Gasteiger partial charge in [-0.2, -0.15) is 10.4 Å². The van der Waals surface area contributed by atoms with Crippen LogP contribution in [-0.4, -0.2) is 16.1 Å². The lowest BCUT2D eigenvalue weighted by atomic mass is 10.0. The summed E-state index contributed by atoms with van der Waals surface area (Å²) in [6, 6.07) is 16.1. The predicted octanol–water partition coefficient (Wildman–Crippen LogP) is 3.92. The highest BCUT2D eigenvalue weighted by Gasteiger charge is 2.20. The third kappa shape index (κ3) is 3.07. The first kappa shape index (κ1) is 18.2. The van der Waals surface area contributed by atoms with E-state index < -0.39 is 5.91 Å². The van der Waals surface area contributed by atoms with E-state index in [1.807, 2.05) is 36.4 Å². The number of nitriles is 1. The van der Waals surface area contributed by atoms with Crippen LogP contribution in [0.5, 0.6) is 0 Å². The molecular formula is C22H16N4O3. The van der Waals surface area contributed by atoms with Crippen molar-refractivity contribution < 1.29 is 9.21 Å². The molecule has 2 N–H and O–H groups in total. The molecule has 0 spiro atoms. The zero-order valence-corrected chi connectivity index (χ0v) is 15.7. The van der Waals surface area contributed by atoms with Crippen LogP contribution in [0.3, 0.4) is 0 Å². The van der Waals surface area contributed by atoms with E-state index in [2.05, 4.69) is 15.5 Å². The number of aromatic amines is 1. The molecule has 0 aliphatic carbocycles. The van der Waals surface area contributed by atoms with Gasteiger partial charge < -0.3 is 9.73 Å². The number of nitrogens with zero attached hydrogens (tertiary/aromatic N) is 2. The molecule has 1 amide bonds. The van der Waals surface area contributed by atoms with Crippen LogP contribution < -0.4 is 10.7 Å². The Morgan fingerprint density at radius 1 is 1.14 bits per heavy atom. The number of rotatable bonds is 3. The second-order valence-corrected chi connectivity index (χ2v) is 6.57. The molecule has 7 heteroatoms. The molecule has 2 aromatic carbocycles. The highest BCUT2D eigenvalue weighted by Crippen LogP contribution is 2.27. The molecule has 0 atom stereocenters. The van der Waals surface area contributed by atoms with Gasteiger partial charge in [-0.15, -0.1) is 0 Å². The van der Waals surface area contributed by atoms with Crippen LogP contribution in [-0.2, 0) is 0 Å². The van der Waals surface area contributed by atoms with Crippen molar-refractivity contribution in [1.29, 1.82) is 5.26 Å². The van der Waals surface area contributed by atoms with Gasteiger partial charge in [0, 0.05) is 11.1 Å². The molecule has 0 bridgehead atoms. The molecule has 29 heavy (non-hydrogen) atoms. The van der Waals surface area contributed by atoms with E-state index in [9.17, 15) is 14.9 Å². The van der Waals surface area contributed by atoms with Crippen molar-refractivity contribution in [3.8, 4) is 17.4 Å². The highest BCUT2D eigenvalue weighted by molar-refractivity contribution is 6.11. The highest BCUT2D eigenvalue weighted by atomic mass is 16.3. The molecular weight excluding hydrogens is 368 g/mol. The van der Waals surface area contributed by atoms with Crippen LogP contribution in [0.1, 0.15) is 27.2 Å². The average Bonchev–Trinajstić information content (AvgIpc) is 3.09. The summed E-state index contributed by atoms with van der Waals surface area (Å²) in [6.45, 7) is 3.39. The summed E-state index contributed by atoms with van der Waals surface area (Å²) in [4.78, 5) is 25.8. The largest absolute Gasteiger partial charge is 0.455 e. The number of amides is 1. The number of carbonyl (C=O) groups excluding carboxylic acids is 1. The predicted molar refractivity (Wildman–Crippen MR) is 109 cm³/mol. The van der Waals surface area contributed by atoms with E-state index in [4.69, 9.17) is 4.42 Å². The minimum Gasteiger partial charge on any atom is -0.455 e. The Hall–Kier alpha value is -4.18. The maximum absolute atomic E-state index is 12.9. The van der Waals surface area contributed by atoms with E-state index in [-0.39, 0.29) is 28.0 Å². The van der Waals surface area contributed by atoms with Gasteiger partial charge in [0.05, 0.1) is 16.6 Å². The van der Waals surface area contributed by atoms with Crippen molar-refractivity contribution in [3.63, 3.8) is 0 Å². The first-order chi connectivity index (χ1) is 14.0. The molecule has 0 aliphatic rings. The molecule has 0 fully saturated rings. The molecule has 0 saturated carbocycles. The van der Waals surface area contributed by atoms with Crippen molar-refractivity contribution in [2.75, 3.05) is 5.32 Å². The summed E-state index contributed by atoms with van der Waals surface area (Å²) in [7, 11) is 0. The number of aryl methyl sites for hydroxylation is 1. The standard InChI is InChI=1S/C22H16N4O3/c1-12-18(27)15-9-6-10-16(20(15)29-19(12)14-7-4-3-5-8-14)22(28)24-21-17(11-23)13(2)25-26-21/h3-10H,1-2H3,(H2,24,25,26,28). The first-order valence-electron chi connectivity index (χ1n) is 8.89. The van der Waals surface area contributed by atoms with Crippen LogP contribution in [0.25, 0.3) is 22.3 Å². The zero-order valence-electron chi connectivity index (χ0n) is 15.7. The third-order valence-corrected chi connectivity index (χ3v) is 4.72. The Morgan fingerprint density at radius 2 is 1.90 bits per heavy atom. The van der Waals surface area contributed by atoms with Crippen LogP contribution in [0.2, 0.25) is 0 Å². The molecule has 0 radical (unpaired) electrons. The van der Waals surface area contributed by atoms with Gasteiger partial charge in [0.2, 0.25) is 0 Å². The van der Waals surface area contributed by atoms with Crippen molar-refractivity contribution in [1.82, 2.24) is 10.2 Å². The van der Waals surface area contributed by atoms with Crippen molar-refractivity contribution in [2.24, 2.45) is 0 Å². The third-order valence-electron chi connectivity index (χ3n) is 4.72. The minimum absolute atomic E-state index is 0.129. The Kier molecular flexibility index (Phi) is 4.45. The minimum atomic E-state index is -0.524. The maximum atomic E-state index is 12.9. The molecule has 7 nitrogen and oxygen atoms in total. The molecule has 2 heterocycles. The molecule has 0 aliphatic heterocycles. The zero-order chi connectivity index (χ0) is 20.5. The van der Waals surface area contributed by atoms with Gasteiger partial charge >= 0.3 is 0 Å². The van der Waals surface area contributed by atoms with E-state index in [0.717, 1.165) is 5.56 Å². The number of hydrogen-bond donors (Lipinski definition) is 2. The number of benzene rings is 2. The summed E-state index contributed by atoms with van der Waals surface area (Å²) in [5.74, 6) is 0.0195. The SMILES string of the molecule is Cc1[nH]nc(NC(=O)c2cccc3c(=O)c(C)c(-c4ccccc4)oc23)c1C#N. The number of para-hydroxylation sites is 1. The Labute approximate surface area is 165 Å². The summed E-state index contributed by atoms with van der Waals surface area (Å²) >= 11 is 0. The summed E-state index contributed by atoms with van der Waals surface area (Å²) < 4.78 is 6.06. The fraction of sp³-hybridized carbons (Fsp3) is 0.0909. The monoisotopic (exact) mass is 384 g/mol. The molecule has 4 rings (SSSR count). The molecule has 4 aromatic rings. The number of carbonyl (C=O) groups is 1. The Morgan fingerprint density at radius 3 is 2.62 bits per heavy atom. The van der Waals surface area contributed by atoms with E-state index >= 15 is 0 Å². The van der Waals surface area contributed by atoms with Gasteiger partial charge in [0.25, 0.3) is 5.91 Å². The van der Waals surface area contributed by atoms with Crippen molar-refractivity contribution in [3.05, 3.63) is 81.1 Å². The summed E-state index contributed by atoms with van der Waals surface area (Å²) in [5.41, 5.74) is 2.18. The second-order valence-electron chi connectivity index (χ2n) is 6.57. The topological polar surface area (TPSA) is 112 Å². The van der Waals surface area contributed by atoms with Crippen LogP contribution in [0, 0.1) is 25.2 Å². The lowest BCUT2D eigenvalue weighted by molar-refractivity contribution is 0.102. The van der Waals surface area contributed by atoms with E-state index in [1.165, 1.54) is 0 Å².